The monoisotopic (exact) mass is 556 g/mol. The Morgan fingerprint density at radius 2 is 1.78 bits per heavy atom. The number of ether oxygens (including phenoxy) is 2. The fourth-order valence-electron chi connectivity index (χ4n) is 3.44. The molecular weight excluding hydrogens is 535 g/mol. The Bertz CT molecular complexity index is 1390. The molecule has 0 bridgehead atoms. The average molecular weight is 557 g/mol. The number of benzene rings is 3. The Kier molecular flexibility index (Phi) is 8.43. The predicted molar refractivity (Wildman–Crippen MR) is 146 cm³/mol. The molecule has 0 saturated carbocycles. The molecule has 1 N–H and O–H groups in total. The molecule has 1 heterocycles. The zero-order chi connectivity index (χ0) is 26.5. The minimum absolute atomic E-state index is 0.202. The number of thioether (sulfide) groups is 1. The van der Waals surface area contributed by atoms with Crippen molar-refractivity contribution in [3.63, 3.8) is 0 Å². The number of anilines is 1. The number of nitrogens with zero attached hydrogens (tertiary/aromatic N) is 1. The van der Waals surface area contributed by atoms with Gasteiger partial charge in [0, 0.05) is 15.7 Å². The lowest BCUT2D eigenvalue weighted by molar-refractivity contribution is -0.127. The number of hydrogen-bond acceptors (Lipinski definition) is 6. The molecule has 3 aromatic carbocycles. The highest BCUT2D eigenvalue weighted by Crippen LogP contribution is 2.35. The largest absolute Gasteiger partial charge is 0.493 e. The third-order valence-corrected chi connectivity index (χ3v) is 6.99. The molecule has 0 spiro atoms. The summed E-state index contributed by atoms with van der Waals surface area (Å²) in [5.74, 6) is -0.0601. The van der Waals surface area contributed by atoms with Gasteiger partial charge in [-0.15, -0.1) is 0 Å². The Balaban J connectivity index is 1.42. The van der Waals surface area contributed by atoms with Gasteiger partial charge in [0.25, 0.3) is 11.1 Å². The number of amides is 3. The Labute approximate surface area is 228 Å². The SMILES string of the molecule is COc1cc(/C=C2/SC(=O)N(CC(=O)Nc3ccc(C)c(Cl)c3)C2=O)ccc1OCc1ccc(Cl)cc1. The second-order valence-electron chi connectivity index (χ2n) is 8.11. The van der Waals surface area contributed by atoms with Crippen molar-refractivity contribution in [1.29, 1.82) is 0 Å². The van der Waals surface area contributed by atoms with Crippen LogP contribution in [0, 0.1) is 6.92 Å². The van der Waals surface area contributed by atoms with E-state index in [4.69, 9.17) is 32.7 Å². The molecule has 1 aliphatic heterocycles. The molecule has 10 heteroatoms. The second-order valence-corrected chi connectivity index (χ2v) is 9.94. The van der Waals surface area contributed by atoms with Crippen LogP contribution in [0.3, 0.4) is 0 Å². The van der Waals surface area contributed by atoms with Gasteiger partial charge in [-0.2, -0.15) is 0 Å². The number of nitrogens with one attached hydrogen (secondary N) is 1. The summed E-state index contributed by atoms with van der Waals surface area (Å²) in [6.45, 7) is 1.76. The van der Waals surface area contributed by atoms with Gasteiger partial charge in [-0.25, -0.2) is 0 Å². The van der Waals surface area contributed by atoms with E-state index < -0.39 is 23.6 Å². The number of imide groups is 1. The number of hydrogen-bond donors (Lipinski definition) is 1. The van der Waals surface area contributed by atoms with Gasteiger partial charge in [-0.05, 0) is 77.9 Å². The van der Waals surface area contributed by atoms with E-state index >= 15 is 0 Å². The topological polar surface area (TPSA) is 84.9 Å². The van der Waals surface area contributed by atoms with Crippen LogP contribution in [0.1, 0.15) is 16.7 Å². The minimum Gasteiger partial charge on any atom is -0.493 e. The van der Waals surface area contributed by atoms with Gasteiger partial charge in [0.2, 0.25) is 5.91 Å². The summed E-state index contributed by atoms with van der Waals surface area (Å²) in [6, 6.07) is 17.6. The van der Waals surface area contributed by atoms with E-state index in [1.165, 1.54) is 7.11 Å². The number of rotatable bonds is 8. The molecule has 3 amide bonds. The highest BCUT2D eigenvalue weighted by Gasteiger charge is 2.36. The molecule has 1 aliphatic rings. The molecule has 0 atom stereocenters. The Hall–Kier alpha value is -3.46. The number of carbonyl (C=O) groups is 3. The van der Waals surface area contributed by atoms with Crippen molar-refractivity contribution < 1.29 is 23.9 Å². The smallest absolute Gasteiger partial charge is 0.294 e. The molecule has 0 unspecified atom stereocenters. The number of methoxy groups -OCH3 is 1. The lowest BCUT2D eigenvalue weighted by Gasteiger charge is -2.13. The fraction of sp³-hybridized carbons (Fsp3) is 0.148. The van der Waals surface area contributed by atoms with E-state index in [-0.39, 0.29) is 4.91 Å². The summed E-state index contributed by atoms with van der Waals surface area (Å²) in [5, 5.41) is 3.28. The number of halogens is 2. The molecule has 190 valence electrons. The molecule has 1 saturated heterocycles. The fourth-order valence-corrected chi connectivity index (χ4v) is 4.58. The van der Waals surface area contributed by atoms with Crippen LogP contribution in [-0.2, 0) is 16.2 Å². The summed E-state index contributed by atoms with van der Waals surface area (Å²) in [7, 11) is 1.52. The molecular formula is C27H22Cl2N2O5S. The van der Waals surface area contributed by atoms with E-state index in [0.717, 1.165) is 27.8 Å². The van der Waals surface area contributed by atoms with E-state index in [1.807, 2.05) is 19.1 Å². The van der Waals surface area contributed by atoms with Gasteiger partial charge in [0.05, 0.1) is 12.0 Å². The lowest BCUT2D eigenvalue weighted by atomic mass is 10.1. The van der Waals surface area contributed by atoms with Gasteiger partial charge >= 0.3 is 0 Å². The molecule has 0 aromatic heterocycles. The molecule has 37 heavy (non-hydrogen) atoms. The van der Waals surface area contributed by atoms with E-state index in [2.05, 4.69) is 5.32 Å². The van der Waals surface area contributed by atoms with Crippen molar-refractivity contribution >= 4 is 63.8 Å². The molecule has 1 fully saturated rings. The van der Waals surface area contributed by atoms with Crippen molar-refractivity contribution in [3.05, 3.63) is 92.3 Å². The first-order valence-electron chi connectivity index (χ1n) is 11.1. The predicted octanol–water partition coefficient (Wildman–Crippen LogP) is 6.56. The third-order valence-electron chi connectivity index (χ3n) is 5.42. The third kappa shape index (κ3) is 6.65. The molecule has 7 nitrogen and oxygen atoms in total. The minimum atomic E-state index is -0.547. The molecule has 0 aliphatic carbocycles. The van der Waals surface area contributed by atoms with Gasteiger partial charge in [-0.1, -0.05) is 47.5 Å². The highest BCUT2D eigenvalue weighted by atomic mass is 35.5. The standard InChI is InChI=1S/C27H22Cl2N2O5S/c1-16-3-9-20(13-21(16)29)30-25(32)14-31-26(33)24(37-27(31)34)12-18-6-10-22(23(11-18)35-2)36-15-17-4-7-19(28)8-5-17/h3-13H,14-15H2,1-2H3,(H,30,32)/b24-12+. The van der Waals surface area contributed by atoms with Gasteiger partial charge < -0.3 is 14.8 Å². The zero-order valence-electron chi connectivity index (χ0n) is 19.9. The van der Waals surface area contributed by atoms with Gasteiger partial charge in [-0.3, -0.25) is 19.3 Å². The molecule has 3 aromatic rings. The zero-order valence-corrected chi connectivity index (χ0v) is 22.2. The maximum Gasteiger partial charge on any atom is 0.294 e. The Morgan fingerprint density at radius 1 is 1.03 bits per heavy atom. The number of aryl methyl sites for hydroxylation is 1. The van der Waals surface area contributed by atoms with Crippen LogP contribution < -0.4 is 14.8 Å². The highest BCUT2D eigenvalue weighted by molar-refractivity contribution is 8.18. The van der Waals surface area contributed by atoms with Crippen LogP contribution >= 0.6 is 35.0 Å². The summed E-state index contributed by atoms with van der Waals surface area (Å²) in [5.41, 5.74) is 2.93. The average Bonchev–Trinajstić information content (AvgIpc) is 3.13. The van der Waals surface area contributed by atoms with Gasteiger partial charge in [0.15, 0.2) is 11.5 Å². The maximum atomic E-state index is 12.9. The lowest BCUT2D eigenvalue weighted by Crippen LogP contribution is -2.36. The van der Waals surface area contributed by atoms with Crippen molar-refractivity contribution in [2.45, 2.75) is 13.5 Å². The quantitative estimate of drug-likeness (QED) is 0.316. The maximum absolute atomic E-state index is 12.9. The first-order valence-corrected chi connectivity index (χ1v) is 12.7. The number of carbonyl (C=O) groups excluding carboxylic acids is 3. The van der Waals surface area contributed by atoms with Crippen LogP contribution in [0.5, 0.6) is 11.5 Å². The van der Waals surface area contributed by atoms with Crippen LogP contribution in [0.4, 0.5) is 10.5 Å². The normalized spacial score (nSPS) is 14.3. The van der Waals surface area contributed by atoms with Gasteiger partial charge in [0.1, 0.15) is 13.2 Å². The second kappa shape index (κ2) is 11.7. The van der Waals surface area contributed by atoms with Crippen LogP contribution in [0.15, 0.2) is 65.6 Å². The summed E-state index contributed by atoms with van der Waals surface area (Å²) >= 11 is 12.8. The van der Waals surface area contributed by atoms with E-state index in [0.29, 0.717) is 39.4 Å². The van der Waals surface area contributed by atoms with Crippen LogP contribution in [0.25, 0.3) is 6.08 Å². The van der Waals surface area contributed by atoms with Crippen molar-refractivity contribution in [2.24, 2.45) is 0 Å². The van der Waals surface area contributed by atoms with E-state index in [1.54, 1.807) is 54.6 Å². The van der Waals surface area contributed by atoms with Crippen LogP contribution in [-0.4, -0.2) is 35.6 Å². The van der Waals surface area contributed by atoms with Crippen molar-refractivity contribution in [2.75, 3.05) is 19.0 Å². The molecule has 4 rings (SSSR count). The Morgan fingerprint density at radius 3 is 2.49 bits per heavy atom. The van der Waals surface area contributed by atoms with Crippen molar-refractivity contribution in [3.8, 4) is 11.5 Å². The van der Waals surface area contributed by atoms with Crippen LogP contribution in [0.2, 0.25) is 10.0 Å². The van der Waals surface area contributed by atoms with Crippen molar-refractivity contribution in [1.82, 2.24) is 4.90 Å². The molecule has 0 radical (unpaired) electrons. The summed E-state index contributed by atoms with van der Waals surface area (Å²) < 4.78 is 11.3. The van der Waals surface area contributed by atoms with E-state index in [9.17, 15) is 14.4 Å². The summed E-state index contributed by atoms with van der Waals surface area (Å²) in [6.07, 6.45) is 1.58. The first kappa shape index (κ1) is 26.6. The summed E-state index contributed by atoms with van der Waals surface area (Å²) in [4.78, 5) is 38.9. The first-order chi connectivity index (χ1) is 17.7.